The Bertz CT molecular complexity index is 1370. The van der Waals surface area contributed by atoms with Crippen LogP contribution >= 0.6 is 22.6 Å². The summed E-state index contributed by atoms with van der Waals surface area (Å²) in [5.41, 5.74) is 7.42. The first kappa shape index (κ1) is 24.6. The minimum absolute atomic E-state index is 0.243. The topological polar surface area (TPSA) is 30.9 Å². The zero-order chi connectivity index (χ0) is 24.8. The first-order valence-electron chi connectivity index (χ1n) is 11.4. The fraction of sp³-hybridized carbons (Fsp3) is 0.133. The number of hydrogen-bond acceptors (Lipinski definition) is 2. The lowest BCUT2D eigenvalue weighted by Gasteiger charge is -2.17. The van der Waals surface area contributed by atoms with Crippen LogP contribution in [0.5, 0.6) is 0 Å². The molecule has 4 aromatic rings. The Balaban J connectivity index is 1.70. The molecular weight excluding hydrogens is 548 g/mol. The Kier molecular flexibility index (Phi) is 7.94. The summed E-state index contributed by atoms with van der Waals surface area (Å²) in [6, 6.07) is 29.9. The van der Waals surface area contributed by atoms with Gasteiger partial charge >= 0.3 is 0 Å². The van der Waals surface area contributed by atoms with Gasteiger partial charge in [0.15, 0.2) is 0 Å². The average Bonchev–Trinajstić information content (AvgIpc) is 2.88. The van der Waals surface area contributed by atoms with Crippen LogP contribution in [0.2, 0.25) is 0 Å². The van der Waals surface area contributed by atoms with Crippen LogP contribution < -0.4 is 9.47 Å². The minimum atomic E-state index is -0.243. The second-order valence-corrected chi connectivity index (χ2v) is 9.63. The molecule has 0 fully saturated rings. The highest BCUT2D eigenvalue weighted by atomic mass is 127. The molecule has 0 spiro atoms. The molecule has 0 N–H and O–H groups in total. The molecule has 174 valence electrons. The van der Waals surface area contributed by atoms with Crippen LogP contribution in [-0.2, 0) is 7.05 Å². The lowest BCUT2D eigenvalue weighted by molar-refractivity contribution is -0.662. The summed E-state index contributed by atoms with van der Waals surface area (Å²) in [5, 5.41) is 8.81. The first-order chi connectivity index (χ1) is 16.9. The van der Waals surface area contributed by atoms with E-state index < -0.39 is 0 Å². The molecule has 35 heavy (non-hydrogen) atoms. The van der Waals surface area contributed by atoms with Gasteiger partial charge in [0, 0.05) is 46.6 Å². The van der Waals surface area contributed by atoms with Crippen molar-refractivity contribution in [1.29, 1.82) is 5.26 Å². The van der Waals surface area contributed by atoms with Gasteiger partial charge in [-0.3, -0.25) is 0 Å². The van der Waals surface area contributed by atoms with Crippen LogP contribution in [0.15, 0.2) is 84.9 Å². The normalized spacial score (nSPS) is 10.9. The Morgan fingerprint density at radius 2 is 1.54 bits per heavy atom. The van der Waals surface area contributed by atoms with Crippen LogP contribution in [-0.4, -0.2) is 13.6 Å². The molecule has 0 atom stereocenters. The maximum absolute atomic E-state index is 13.6. The fourth-order valence-electron chi connectivity index (χ4n) is 3.92. The molecule has 0 radical (unpaired) electrons. The summed E-state index contributed by atoms with van der Waals surface area (Å²) in [6.45, 7) is 0.707. The molecule has 3 nitrogen and oxygen atoms in total. The summed E-state index contributed by atoms with van der Waals surface area (Å²) < 4.78 is 16.9. The van der Waals surface area contributed by atoms with Gasteiger partial charge in [-0.1, -0.05) is 24.3 Å². The molecule has 3 aromatic carbocycles. The second kappa shape index (κ2) is 11.3. The molecule has 0 saturated carbocycles. The molecule has 0 saturated heterocycles. The van der Waals surface area contributed by atoms with E-state index in [4.69, 9.17) is 5.26 Å². The van der Waals surface area contributed by atoms with Gasteiger partial charge < -0.3 is 4.90 Å². The third-order valence-corrected chi connectivity index (χ3v) is 6.72. The predicted octanol–water partition coefficient (Wildman–Crippen LogP) is 7.11. The van der Waals surface area contributed by atoms with Gasteiger partial charge in [-0.15, -0.1) is 0 Å². The summed E-state index contributed by atoms with van der Waals surface area (Å²) in [4.78, 5) is 2.08. The van der Waals surface area contributed by atoms with Crippen LogP contribution in [0.4, 0.5) is 10.1 Å². The van der Waals surface area contributed by atoms with Crippen LogP contribution in [0, 0.1) is 20.7 Å². The van der Waals surface area contributed by atoms with Gasteiger partial charge in [-0.25, -0.2) is 4.39 Å². The first-order valence-corrected chi connectivity index (χ1v) is 12.4. The number of rotatable bonds is 7. The number of pyridine rings is 1. The highest BCUT2D eigenvalue weighted by Crippen LogP contribution is 2.27. The highest BCUT2D eigenvalue weighted by molar-refractivity contribution is 14.1. The summed E-state index contributed by atoms with van der Waals surface area (Å²) in [7, 11) is 4.03. The zero-order valence-corrected chi connectivity index (χ0v) is 21.9. The molecule has 4 rings (SSSR count). The van der Waals surface area contributed by atoms with Crippen LogP contribution in [0.25, 0.3) is 34.5 Å². The molecule has 0 unspecified atom stereocenters. The van der Waals surface area contributed by atoms with E-state index in [1.54, 1.807) is 0 Å². The van der Waals surface area contributed by atoms with Crippen molar-refractivity contribution in [3.8, 4) is 28.5 Å². The number of nitriles is 1. The lowest BCUT2D eigenvalue weighted by Crippen LogP contribution is -2.34. The number of nitrogens with zero attached hydrogens (tertiary/aromatic N) is 3. The Morgan fingerprint density at radius 1 is 0.886 bits per heavy atom. The molecule has 0 aliphatic heterocycles. The number of halogens is 2. The monoisotopic (exact) mass is 574 g/mol. The van der Waals surface area contributed by atoms with Gasteiger partial charge in [0.25, 0.3) is 0 Å². The molecule has 0 aliphatic carbocycles. The van der Waals surface area contributed by atoms with Gasteiger partial charge in [-0.05, 0) is 93.9 Å². The third kappa shape index (κ3) is 6.14. The van der Waals surface area contributed by atoms with Gasteiger partial charge in [0.2, 0.25) is 11.4 Å². The van der Waals surface area contributed by atoms with Crippen LogP contribution in [0.1, 0.15) is 17.7 Å². The van der Waals surface area contributed by atoms with Crippen molar-refractivity contribution in [1.82, 2.24) is 0 Å². The summed E-state index contributed by atoms with van der Waals surface area (Å²) >= 11 is 2.31. The van der Waals surface area contributed by atoms with Gasteiger partial charge in [0.05, 0.1) is 12.5 Å². The number of hydrogen-bond donors (Lipinski definition) is 0. The molecule has 5 heteroatoms. The number of anilines is 1. The Labute approximate surface area is 219 Å². The van der Waals surface area contributed by atoms with E-state index in [-0.39, 0.29) is 5.82 Å². The quantitative estimate of drug-likeness (QED) is 0.174. The largest absolute Gasteiger partial charge is 0.374 e. The molecule has 1 aromatic heterocycles. The maximum Gasteiger partial charge on any atom is 0.213 e. The predicted molar refractivity (Wildman–Crippen MR) is 150 cm³/mol. The molecule has 0 amide bonds. The molecule has 1 heterocycles. The zero-order valence-electron chi connectivity index (χ0n) is 19.7. The Morgan fingerprint density at radius 3 is 2.20 bits per heavy atom. The molecule has 0 bridgehead atoms. The SMILES string of the molecule is CN(CCC#N)c1ccc(/C=C/c2cc(-c3ccc(I)cc3)cc(-c3ccc(F)cc3)[n+]2C)cc1. The van der Waals surface area contributed by atoms with Crippen molar-refractivity contribution in [2.45, 2.75) is 6.42 Å². The van der Waals surface area contributed by atoms with Crippen molar-refractivity contribution in [3.05, 3.63) is 106 Å². The minimum Gasteiger partial charge on any atom is -0.374 e. The van der Waals surface area contributed by atoms with Crippen molar-refractivity contribution in [2.75, 3.05) is 18.5 Å². The van der Waals surface area contributed by atoms with Crippen molar-refractivity contribution in [3.63, 3.8) is 0 Å². The van der Waals surface area contributed by atoms with E-state index in [9.17, 15) is 4.39 Å². The second-order valence-electron chi connectivity index (χ2n) is 8.38. The van der Waals surface area contributed by atoms with E-state index in [1.807, 2.05) is 26.2 Å². The molecular formula is C30H26FIN3+. The highest BCUT2D eigenvalue weighted by Gasteiger charge is 2.17. The van der Waals surface area contributed by atoms with Crippen molar-refractivity contribution in [2.24, 2.45) is 7.05 Å². The van der Waals surface area contributed by atoms with E-state index in [1.165, 1.54) is 15.7 Å². The van der Waals surface area contributed by atoms with E-state index >= 15 is 0 Å². The number of aromatic nitrogens is 1. The van der Waals surface area contributed by atoms with Gasteiger partial charge in [0.1, 0.15) is 12.9 Å². The smallest absolute Gasteiger partial charge is 0.213 e. The van der Waals surface area contributed by atoms with E-state index in [0.717, 1.165) is 39.3 Å². The summed E-state index contributed by atoms with van der Waals surface area (Å²) in [6.07, 6.45) is 4.71. The van der Waals surface area contributed by atoms with Gasteiger partial charge in [-0.2, -0.15) is 9.83 Å². The van der Waals surface area contributed by atoms with E-state index in [0.29, 0.717) is 13.0 Å². The fourth-order valence-corrected chi connectivity index (χ4v) is 4.28. The molecule has 0 aliphatic rings. The summed E-state index contributed by atoms with van der Waals surface area (Å²) in [5.74, 6) is -0.243. The average molecular weight is 574 g/mol. The van der Waals surface area contributed by atoms with Crippen LogP contribution in [0.3, 0.4) is 0 Å². The van der Waals surface area contributed by atoms with Crippen molar-refractivity contribution >= 4 is 40.4 Å². The van der Waals surface area contributed by atoms with Crippen molar-refractivity contribution < 1.29 is 8.96 Å². The third-order valence-electron chi connectivity index (χ3n) is 6.00. The maximum atomic E-state index is 13.6. The van der Waals surface area contributed by atoms with E-state index in [2.05, 4.69) is 111 Å². The number of benzene rings is 3. The lowest BCUT2D eigenvalue weighted by atomic mass is 10.0. The standard InChI is InChI=1S/C30H26FIN3/c1-34(19-3-18-33)28-15-4-22(5-16-28)6-17-29-20-25(23-9-13-27(32)14-10-23)21-30(35(29)2)24-7-11-26(31)12-8-24/h4-17,20-21H,3,19H2,1-2H3/q+1. The Hall–Kier alpha value is -3.50.